The normalized spacial score (nSPS) is 23.2. The van der Waals surface area contributed by atoms with Gasteiger partial charge in [-0.25, -0.2) is 0 Å². The van der Waals surface area contributed by atoms with E-state index in [1.165, 1.54) is 19.5 Å². The van der Waals surface area contributed by atoms with Crippen LogP contribution in [0.25, 0.3) is 0 Å². The molecule has 0 spiro atoms. The quantitative estimate of drug-likeness (QED) is 0.723. The van der Waals surface area contributed by atoms with Gasteiger partial charge in [-0.15, -0.1) is 0 Å². The monoisotopic (exact) mass is 297 g/mol. The first-order valence-electron chi connectivity index (χ1n) is 8.46. The van der Waals surface area contributed by atoms with E-state index in [0.717, 1.165) is 38.3 Å². The van der Waals surface area contributed by atoms with Crippen molar-refractivity contribution in [2.75, 3.05) is 26.2 Å². The highest BCUT2D eigenvalue weighted by molar-refractivity contribution is 5.84. The number of hydrogen-bond donors (Lipinski definition) is 2. The number of nitrogens with two attached hydrogens (primary N) is 1. The lowest BCUT2D eigenvalue weighted by Gasteiger charge is -2.29. The van der Waals surface area contributed by atoms with E-state index in [4.69, 9.17) is 5.73 Å². The van der Waals surface area contributed by atoms with Crippen LogP contribution in [0, 0.1) is 11.3 Å². The minimum Gasteiger partial charge on any atom is -0.368 e. The van der Waals surface area contributed by atoms with Gasteiger partial charge in [0.25, 0.3) is 0 Å². The fourth-order valence-corrected chi connectivity index (χ4v) is 3.10. The first kappa shape index (κ1) is 18.4. The fourth-order valence-electron chi connectivity index (χ4n) is 3.10. The zero-order valence-corrected chi connectivity index (χ0v) is 14.7. The van der Waals surface area contributed by atoms with Gasteiger partial charge in [-0.05, 0) is 63.6 Å². The van der Waals surface area contributed by atoms with Gasteiger partial charge in [0, 0.05) is 6.54 Å². The standard InChI is InChI=1S/C17H35N3O/c1-6-10-19-17(5,15(18)21)9-7-11-20-12-8-14(13-20)16(2,3)4/h14,19H,6-13H2,1-5H3,(H2,18,21). The Hall–Kier alpha value is -0.610. The predicted octanol–water partition coefficient (Wildman–Crippen LogP) is 2.38. The second kappa shape index (κ2) is 7.59. The lowest BCUT2D eigenvalue weighted by molar-refractivity contribution is -0.124. The zero-order chi connectivity index (χ0) is 16.1. The van der Waals surface area contributed by atoms with Crippen LogP contribution in [0.15, 0.2) is 0 Å². The summed E-state index contributed by atoms with van der Waals surface area (Å²) in [5, 5.41) is 3.31. The van der Waals surface area contributed by atoms with Crippen LogP contribution in [-0.2, 0) is 4.79 Å². The molecule has 0 saturated carbocycles. The van der Waals surface area contributed by atoms with Crippen molar-refractivity contribution >= 4 is 5.91 Å². The first-order valence-corrected chi connectivity index (χ1v) is 8.46. The van der Waals surface area contributed by atoms with Gasteiger partial charge >= 0.3 is 0 Å². The number of likely N-dealkylation sites (tertiary alicyclic amines) is 1. The number of primary amides is 1. The van der Waals surface area contributed by atoms with Crippen molar-refractivity contribution in [2.45, 2.75) is 65.8 Å². The van der Waals surface area contributed by atoms with Crippen molar-refractivity contribution in [3.8, 4) is 0 Å². The smallest absolute Gasteiger partial charge is 0.237 e. The van der Waals surface area contributed by atoms with Crippen LogP contribution in [0.5, 0.6) is 0 Å². The molecular formula is C17H35N3O. The zero-order valence-electron chi connectivity index (χ0n) is 14.7. The van der Waals surface area contributed by atoms with Crippen molar-refractivity contribution in [1.29, 1.82) is 0 Å². The van der Waals surface area contributed by atoms with Crippen LogP contribution in [0.1, 0.15) is 60.3 Å². The van der Waals surface area contributed by atoms with Gasteiger partial charge in [0.1, 0.15) is 0 Å². The maximum Gasteiger partial charge on any atom is 0.237 e. The van der Waals surface area contributed by atoms with Gasteiger partial charge in [-0.1, -0.05) is 27.7 Å². The van der Waals surface area contributed by atoms with Crippen LogP contribution in [0.3, 0.4) is 0 Å². The first-order chi connectivity index (χ1) is 9.69. The van der Waals surface area contributed by atoms with Gasteiger partial charge < -0.3 is 16.0 Å². The molecule has 4 heteroatoms. The Bertz CT molecular complexity index is 337. The van der Waals surface area contributed by atoms with Crippen LogP contribution < -0.4 is 11.1 Å². The molecule has 0 radical (unpaired) electrons. The number of nitrogens with zero attached hydrogens (tertiary/aromatic N) is 1. The van der Waals surface area contributed by atoms with Crippen LogP contribution in [-0.4, -0.2) is 42.5 Å². The second-order valence-electron chi connectivity index (χ2n) is 7.88. The maximum absolute atomic E-state index is 11.7. The Morgan fingerprint density at radius 2 is 2.00 bits per heavy atom. The lowest BCUT2D eigenvalue weighted by Crippen LogP contribution is -2.53. The highest BCUT2D eigenvalue weighted by atomic mass is 16.1. The molecular weight excluding hydrogens is 262 g/mol. The largest absolute Gasteiger partial charge is 0.368 e. The third-order valence-electron chi connectivity index (χ3n) is 4.96. The molecule has 1 aliphatic heterocycles. The Balaban J connectivity index is 2.37. The van der Waals surface area contributed by atoms with Crippen LogP contribution >= 0.6 is 0 Å². The van der Waals surface area contributed by atoms with E-state index in [1.54, 1.807) is 0 Å². The number of hydrogen-bond acceptors (Lipinski definition) is 3. The number of amides is 1. The minimum atomic E-state index is -0.556. The topological polar surface area (TPSA) is 58.4 Å². The summed E-state index contributed by atoms with van der Waals surface area (Å²) in [5.74, 6) is 0.559. The van der Waals surface area contributed by atoms with E-state index in [9.17, 15) is 4.79 Å². The SMILES string of the molecule is CCCNC(C)(CCCN1CCC(C(C)(C)C)C1)C(N)=O. The highest BCUT2D eigenvalue weighted by Gasteiger charge is 2.33. The number of carbonyl (C=O) groups is 1. The maximum atomic E-state index is 11.7. The number of rotatable bonds is 8. The molecule has 4 nitrogen and oxygen atoms in total. The molecule has 3 N–H and O–H groups in total. The van der Waals surface area contributed by atoms with Crippen LogP contribution in [0.2, 0.25) is 0 Å². The molecule has 1 aliphatic rings. The second-order valence-corrected chi connectivity index (χ2v) is 7.88. The molecule has 2 atom stereocenters. The van der Waals surface area contributed by atoms with E-state index in [2.05, 4.69) is 37.9 Å². The predicted molar refractivity (Wildman–Crippen MR) is 89.1 cm³/mol. The molecule has 1 amide bonds. The molecule has 21 heavy (non-hydrogen) atoms. The lowest BCUT2D eigenvalue weighted by atomic mass is 9.80. The molecule has 0 bridgehead atoms. The molecule has 1 heterocycles. The van der Waals surface area contributed by atoms with E-state index < -0.39 is 5.54 Å². The van der Waals surface area contributed by atoms with Crippen molar-refractivity contribution in [3.05, 3.63) is 0 Å². The summed E-state index contributed by atoms with van der Waals surface area (Å²) in [7, 11) is 0. The van der Waals surface area contributed by atoms with Crippen molar-refractivity contribution < 1.29 is 4.79 Å². The number of carbonyl (C=O) groups excluding carboxylic acids is 1. The molecule has 1 rings (SSSR count). The van der Waals surface area contributed by atoms with E-state index >= 15 is 0 Å². The van der Waals surface area contributed by atoms with E-state index in [-0.39, 0.29) is 5.91 Å². The van der Waals surface area contributed by atoms with Gasteiger partial charge in [-0.2, -0.15) is 0 Å². The van der Waals surface area contributed by atoms with Gasteiger partial charge in [0.2, 0.25) is 5.91 Å². The van der Waals surface area contributed by atoms with Gasteiger partial charge in [-0.3, -0.25) is 4.79 Å². The highest BCUT2D eigenvalue weighted by Crippen LogP contribution is 2.33. The molecule has 0 aromatic carbocycles. The molecule has 0 aromatic rings. The summed E-state index contributed by atoms with van der Waals surface area (Å²) in [6.45, 7) is 15.3. The molecule has 1 saturated heterocycles. The number of nitrogens with one attached hydrogen (secondary N) is 1. The summed E-state index contributed by atoms with van der Waals surface area (Å²) in [6.07, 6.45) is 4.15. The van der Waals surface area contributed by atoms with Gasteiger partial charge in [0.05, 0.1) is 5.54 Å². The van der Waals surface area contributed by atoms with Crippen LogP contribution in [0.4, 0.5) is 0 Å². The molecule has 0 aliphatic carbocycles. The summed E-state index contributed by atoms with van der Waals surface area (Å²) >= 11 is 0. The summed E-state index contributed by atoms with van der Waals surface area (Å²) < 4.78 is 0. The Morgan fingerprint density at radius 1 is 1.33 bits per heavy atom. The fraction of sp³-hybridized carbons (Fsp3) is 0.941. The average Bonchev–Trinajstić information content (AvgIpc) is 2.85. The van der Waals surface area contributed by atoms with Crippen molar-refractivity contribution in [3.63, 3.8) is 0 Å². The van der Waals surface area contributed by atoms with E-state index in [1.807, 2.05) is 6.92 Å². The third-order valence-corrected chi connectivity index (χ3v) is 4.96. The molecule has 1 fully saturated rings. The Morgan fingerprint density at radius 3 is 2.48 bits per heavy atom. The van der Waals surface area contributed by atoms with Gasteiger partial charge in [0.15, 0.2) is 0 Å². The molecule has 124 valence electrons. The summed E-state index contributed by atoms with van der Waals surface area (Å²) in [6, 6.07) is 0. The molecule has 0 aromatic heterocycles. The third kappa shape index (κ3) is 5.59. The van der Waals surface area contributed by atoms with E-state index in [0.29, 0.717) is 5.41 Å². The average molecular weight is 297 g/mol. The summed E-state index contributed by atoms with van der Waals surface area (Å²) in [5.41, 5.74) is 5.42. The Labute approximate surface area is 130 Å². The van der Waals surface area contributed by atoms with Crippen molar-refractivity contribution in [1.82, 2.24) is 10.2 Å². The Kier molecular flexibility index (Phi) is 6.67. The van der Waals surface area contributed by atoms with Crippen molar-refractivity contribution in [2.24, 2.45) is 17.1 Å². The molecule has 2 unspecified atom stereocenters. The summed E-state index contributed by atoms with van der Waals surface area (Å²) in [4.78, 5) is 14.2. The minimum absolute atomic E-state index is 0.232.